The maximum atomic E-state index is 13.0. The molecule has 0 aliphatic heterocycles. The largest absolute Gasteiger partial charge is 0.472 e. The summed E-state index contributed by atoms with van der Waals surface area (Å²) in [6, 6.07) is -0.870. The summed E-state index contributed by atoms with van der Waals surface area (Å²) in [7, 11) is 1.55. The molecule has 0 heterocycles. The molecule has 1 amide bonds. The lowest BCUT2D eigenvalue weighted by Gasteiger charge is -2.25. The number of quaternary nitrogens is 1. The van der Waals surface area contributed by atoms with Crippen molar-refractivity contribution in [1.29, 1.82) is 0 Å². The molecular weight excluding hydrogens is 864 g/mol. The van der Waals surface area contributed by atoms with Gasteiger partial charge in [0, 0.05) is 6.42 Å². The molecule has 9 heteroatoms. The molecule has 3 atom stereocenters. The van der Waals surface area contributed by atoms with Crippen molar-refractivity contribution in [2.24, 2.45) is 0 Å². The maximum Gasteiger partial charge on any atom is 0.472 e. The Kier molecular flexibility index (Phi) is 49.3. The smallest absolute Gasteiger partial charge is 0.387 e. The first kappa shape index (κ1) is 66.5. The number of nitrogens with one attached hydrogen (secondary N) is 1. The highest BCUT2D eigenvalue weighted by Crippen LogP contribution is 2.43. The Morgan fingerprint density at radius 1 is 0.485 bits per heavy atom. The van der Waals surface area contributed by atoms with Crippen molar-refractivity contribution < 1.29 is 32.9 Å². The summed E-state index contributed by atoms with van der Waals surface area (Å²) in [4.78, 5) is 23.3. The van der Waals surface area contributed by atoms with E-state index in [1.165, 1.54) is 205 Å². The summed E-state index contributed by atoms with van der Waals surface area (Å²) in [5.74, 6) is -0.189. The topological polar surface area (TPSA) is 105 Å². The van der Waals surface area contributed by atoms with Gasteiger partial charge in [-0.15, -0.1) is 0 Å². The minimum atomic E-state index is -4.36. The summed E-state index contributed by atoms with van der Waals surface area (Å²) in [5.41, 5.74) is 0. The molecule has 0 saturated heterocycles. The van der Waals surface area contributed by atoms with Crippen LogP contribution in [0, 0.1) is 0 Å². The van der Waals surface area contributed by atoms with E-state index in [9.17, 15) is 19.4 Å². The van der Waals surface area contributed by atoms with Gasteiger partial charge in [0.25, 0.3) is 0 Å². The molecule has 0 rings (SSSR count). The highest BCUT2D eigenvalue weighted by Gasteiger charge is 2.27. The molecule has 3 unspecified atom stereocenters. The standard InChI is InChI=1S/C59H113N2O6P/c1-6-8-10-12-14-16-18-20-22-24-25-26-27-28-29-30-31-32-33-34-35-36-37-39-41-43-45-47-49-51-53-59(63)60-57(56-67-68(64,65)66-55-54-61(3,4)5)58(62)52-50-48-46-44-42-40-38-23-21-19-17-15-13-11-9-7-2/h21,23,28-29,42,44,50,52,57-58,62H,6-20,22,24-27,30-41,43,45-49,51,53-56H2,1-5H3,(H-,60,63,64,65)/p+1/b23-21+,29-28-,44-42+,52-50+. The number of nitrogens with zero attached hydrogens (tertiary/aromatic N) is 1. The van der Waals surface area contributed by atoms with E-state index in [2.05, 4.69) is 55.6 Å². The van der Waals surface area contributed by atoms with Crippen LogP contribution in [0.1, 0.15) is 271 Å². The van der Waals surface area contributed by atoms with Crippen LogP contribution >= 0.6 is 7.82 Å². The number of allylic oxidation sites excluding steroid dienone is 7. The molecule has 0 aromatic heterocycles. The third kappa shape index (κ3) is 52.3. The van der Waals surface area contributed by atoms with Gasteiger partial charge in [0.05, 0.1) is 39.9 Å². The molecule has 0 bridgehead atoms. The fourth-order valence-electron chi connectivity index (χ4n) is 8.42. The number of unbranched alkanes of at least 4 members (excludes halogenated alkanes) is 34. The molecular formula is C59H114N2O6P+. The van der Waals surface area contributed by atoms with Crippen molar-refractivity contribution in [2.45, 2.75) is 283 Å². The summed E-state index contributed by atoms with van der Waals surface area (Å²) in [6.07, 6.45) is 66.5. The molecule has 3 N–H and O–H groups in total. The number of hydrogen-bond acceptors (Lipinski definition) is 5. The van der Waals surface area contributed by atoms with Gasteiger partial charge in [-0.1, -0.05) is 242 Å². The highest BCUT2D eigenvalue weighted by atomic mass is 31.2. The molecule has 0 radical (unpaired) electrons. The van der Waals surface area contributed by atoms with E-state index in [1.54, 1.807) is 6.08 Å². The van der Waals surface area contributed by atoms with Crippen molar-refractivity contribution in [2.75, 3.05) is 40.9 Å². The first-order valence-corrected chi connectivity index (χ1v) is 30.5. The molecule has 0 saturated carbocycles. The summed E-state index contributed by atoms with van der Waals surface area (Å²) in [5, 5.41) is 13.9. The van der Waals surface area contributed by atoms with Crippen LogP contribution in [0.2, 0.25) is 0 Å². The van der Waals surface area contributed by atoms with Crippen molar-refractivity contribution in [3.63, 3.8) is 0 Å². The second-order valence-corrected chi connectivity index (χ2v) is 22.4. The van der Waals surface area contributed by atoms with Crippen LogP contribution in [0.3, 0.4) is 0 Å². The van der Waals surface area contributed by atoms with E-state index < -0.39 is 20.0 Å². The van der Waals surface area contributed by atoms with Crippen LogP contribution in [0.5, 0.6) is 0 Å². The van der Waals surface area contributed by atoms with Crippen LogP contribution in [0.4, 0.5) is 0 Å². The van der Waals surface area contributed by atoms with Gasteiger partial charge in [0.1, 0.15) is 13.2 Å². The Hall–Kier alpha value is -1.54. The second-order valence-electron chi connectivity index (χ2n) is 21.0. The molecule has 0 aliphatic rings. The Morgan fingerprint density at radius 2 is 0.809 bits per heavy atom. The third-order valence-electron chi connectivity index (χ3n) is 13.0. The zero-order valence-electron chi connectivity index (χ0n) is 45.6. The van der Waals surface area contributed by atoms with Crippen LogP contribution in [-0.2, 0) is 18.4 Å². The molecule has 0 aliphatic carbocycles. The van der Waals surface area contributed by atoms with Gasteiger partial charge in [-0.25, -0.2) is 4.57 Å². The lowest BCUT2D eigenvalue weighted by molar-refractivity contribution is -0.870. The Bertz CT molecular complexity index is 1250. The molecule has 68 heavy (non-hydrogen) atoms. The first-order chi connectivity index (χ1) is 33.0. The Balaban J connectivity index is 4.14. The number of amides is 1. The number of carbonyl (C=O) groups excluding carboxylic acids is 1. The van der Waals surface area contributed by atoms with Gasteiger partial charge >= 0.3 is 7.82 Å². The minimum Gasteiger partial charge on any atom is -0.387 e. The molecule has 0 spiro atoms. The highest BCUT2D eigenvalue weighted by molar-refractivity contribution is 7.47. The van der Waals surface area contributed by atoms with E-state index >= 15 is 0 Å². The number of phosphoric acid groups is 1. The lowest BCUT2D eigenvalue weighted by atomic mass is 10.0. The number of carbonyl (C=O) groups is 1. The average molecular weight is 979 g/mol. The van der Waals surface area contributed by atoms with E-state index in [0.717, 1.165) is 44.9 Å². The fraction of sp³-hybridized carbons (Fsp3) is 0.847. The molecule has 0 aromatic rings. The van der Waals surface area contributed by atoms with E-state index in [4.69, 9.17) is 9.05 Å². The number of aliphatic hydroxyl groups excluding tert-OH is 1. The van der Waals surface area contributed by atoms with Crippen molar-refractivity contribution in [3.05, 3.63) is 48.6 Å². The van der Waals surface area contributed by atoms with Gasteiger partial charge < -0.3 is 19.8 Å². The number of phosphoric ester groups is 1. The number of likely N-dealkylation sites (N-methyl/N-ethyl adjacent to an activating group) is 1. The average Bonchev–Trinajstić information content (AvgIpc) is 3.30. The number of rotatable bonds is 53. The fourth-order valence-corrected chi connectivity index (χ4v) is 9.16. The Labute approximate surface area is 422 Å². The summed E-state index contributed by atoms with van der Waals surface area (Å²) in [6.45, 7) is 4.80. The predicted molar refractivity (Wildman–Crippen MR) is 295 cm³/mol. The number of aliphatic hydroxyl groups is 1. The maximum absolute atomic E-state index is 13.0. The zero-order chi connectivity index (χ0) is 49.9. The van der Waals surface area contributed by atoms with Crippen molar-refractivity contribution >= 4 is 13.7 Å². The van der Waals surface area contributed by atoms with Gasteiger partial charge in [-0.2, -0.15) is 0 Å². The second kappa shape index (κ2) is 50.4. The summed E-state index contributed by atoms with van der Waals surface area (Å²) >= 11 is 0. The van der Waals surface area contributed by atoms with Gasteiger partial charge in [-0.05, 0) is 70.6 Å². The van der Waals surface area contributed by atoms with Crippen LogP contribution in [0.25, 0.3) is 0 Å². The van der Waals surface area contributed by atoms with Crippen LogP contribution < -0.4 is 5.32 Å². The normalized spacial score (nSPS) is 14.3. The zero-order valence-corrected chi connectivity index (χ0v) is 46.5. The van der Waals surface area contributed by atoms with Crippen LogP contribution in [-0.4, -0.2) is 73.4 Å². The minimum absolute atomic E-state index is 0.0535. The predicted octanol–water partition coefficient (Wildman–Crippen LogP) is 17.5. The molecule has 0 fully saturated rings. The Morgan fingerprint density at radius 3 is 1.18 bits per heavy atom. The third-order valence-corrected chi connectivity index (χ3v) is 14.0. The molecule has 0 aromatic carbocycles. The summed E-state index contributed by atoms with van der Waals surface area (Å²) < 4.78 is 23.7. The van der Waals surface area contributed by atoms with Gasteiger partial charge in [-0.3, -0.25) is 13.8 Å². The number of hydrogen-bond donors (Lipinski definition) is 3. The van der Waals surface area contributed by atoms with Crippen molar-refractivity contribution in [3.8, 4) is 0 Å². The monoisotopic (exact) mass is 978 g/mol. The first-order valence-electron chi connectivity index (χ1n) is 29.0. The van der Waals surface area contributed by atoms with E-state index in [0.29, 0.717) is 17.4 Å². The lowest BCUT2D eigenvalue weighted by Crippen LogP contribution is -2.45. The molecule has 8 nitrogen and oxygen atoms in total. The van der Waals surface area contributed by atoms with Crippen molar-refractivity contribution in [1.82, 2.24) is 5.32 Å². The van der Waals surface area contributed by atoms with Gasteiger partial charge in [0.2, 0.25) is 5.91 Å². The van der Waals surface area contributed by atoms with Crippen LogP contribution in [0.15, 0.2) is 48.6 Å². The van der Waals surface area contributed by atoms with E-state index in [1.807, 2.05) is 27.2 Å². The molecule has 400 valence electrons. The van der Waals surface area contributed by atoms with Gasteiger partial charge in [0.15, 0.2) is 0 Å². The quantitative estimate of drug-likeness (QED) is 0.0243. The van der Waals surface area contributed by atoms with E-state index in [-0.39, 0.29) is 19.1 Å². The SMILES string of the molecule is CCCCCCCC/C=C/CC/C=C/CC/C=C/C(O)C(COP(=O)(O)OCC[N+](C)(C)C)NC(=O)CCCCCCCCCCCCCCCC/C=C\CCCCCCCCCCCCCC.